The van der Waals surface area contributed by atoms with Gasteiger partial charge < -0.3 is 5.73 Å². The van der Waals surface area contributed by atoms with Crippen LogP contribution >= 0.6 is 0 Å². The molecule has 2 aliphatic carbocycles. The molecule has 0 amide bonds. The first-order valence-corrected chi connectivity index (χ1v) is 8.77. The summed E-state index contributed by atoms with van der Waals surface area (Å²) in [5, 5.41) is 0. The zero-order valence-electron chi connectivity index (χ0n) is 12.9. The molecule has 2 nitrogen and oxygen atoms in total. The van der Waals surface area contributed by atoms with Crippen LogP contribution in [0.25, 0.3) is 0 Å². The Morgan fingerprint density at radius 1 is 0.895 bits per heavy atom. The smallest absolute Gasteiger partial charge is 0.00983 e. The molecule has 2 heteroatoms. The molecule has 2 aliphatic rings. The molecule has 0 heterocycles. The quantitative estimate of drug-likeness (QED) is 0.789. The summed E-state index contributed by atoms with van der Waals surface area (Å²) in [6, 6.07) is 1.77. The van der Waals surface area contributed by atoms with Crippen LogP contribution in [0.5, 0.6) is 0 Å². The van der Waals surface area contributed by atoms with E-state index in [1.54, 1.807) is 0 Å². The van der Waals surface area contributed by atoms with Crippen molar-refractivity contribution < 1.29 is 0 Å². The molecule has 2 rings (SSSR count). The summed E-state index contributed by atoms with van der Waals surface area (Å²) in [5.74, 6) is 0.772. The molecule has 112 valence electrons. The van der Waals surface area contributed by atoms with Crippen LogP contribution in [-0.4, -0.2) is 30.1 Å². The van der Waals surface area contributed by atoms with Gasteiger partial charge >= 0.3 is 0 Å². The molecule has 2 fully saturated rings. The van der Waals surface area contributed by atoms with Crippen molar-refractivity contribution in [1.29, 1.82) is 0 Å². The highest BCUT2D eigenvalue weighted by atomic mass is 15.2. The molecule has 0 aromatic heterocycles. The highest BCUT2D eigenvalue weighted by Gasteiger charge is 2.29. The monoisotopic (exact) mass is 266 g/mol. The number of nitrogens with zero attached hydrogens (tertiary/aromatic N) is 1. The van der Waals surface area contributed by atoms with Crippen LogP contribution in [0.4, 0.5) is 0 Å². The van der Waals surface area contributed by atoms with Gasteiger partial charge in [0.1, 0.15) is 0 Å². The fourth-order valence-electron chi connectivity index (χ4n) is 4.16. The van der Waals surface area contributed by atoms with Gasteiger partial charge in [-0.05, 0) is 44.6 Å². The second-order valence-electron chi connectivity index (χ2n) is 6.96. The SMILES string of the molecule is CC(CCN)CN(C1CCCCC1)C1CCCCC1. The Kier molecular flexibility index (Phi) is 6.66. The van der Waals surface area contributed by atoms with Gasteiger partial charge in [0.15, 0.2) is 0 Å². The van der Waals surface area contributed by atoms with Crippen molar-refractivity contribution in [3.63, 3.8) is 0 Å². The summed E-state index contributed by atoms with van der Waals surface area (Å²) in [6.07, 6.45) is 15.8. The van der Waals surface area contributed by atoms with Crippen LogP contribution in [0.3, 0.4) is 0 Å². The fraction of sp³-hybridized carbons (Fsp3) is 1.00. The highest BCUT2D eigenvalue weighted by molar-refractivity contribution is 4.84. The van der Waals surface area contributed by atoms with Gasteiger partial charge in [-0.15, -0.1) is 0 Å². The maximum Gasteiger partial charge on any atom is 0.00983 e. The lowest BCUT2D eigenvalue weighted by Gasteiger charge is -2.43. The Labute approximate surface area is 120 Å². The molecule has 0 radical (unpaired) electrons. The summed E-state index contributed by atoms with van der Waals surface area (Å²) in [7, 11) is 0. The molecule has 0 aliphatic heterocycles. The van der Waals surface area contributed by atoms with E-state index >= 15 is 0 Å². The molecule has 2 N–H and O–H groups in total. The van der Waals surface area contributed by atoms with Gasteiger partial charge in [-0.1, -0.05) is 45.4 Å². The maximum absolute atomic E-state index is 5.74. The predicted octanol–water partition coefficient (Wildman–Crippen LogP) is 3.94. The van der Waals surface area contributed by atoms with Crippen LogP contribution in [-0.2, 0) is 0 Å². The first-order valence-electron chi connectivity index (χ1n) is 8.77. The molecule has 0 saturated heterocycles. The lowest BCUT2D eigenvalue weighted by molar-refractivity contribution is 0.0656. The van der Waals surface area contributed by atoms with E-state index in [-0.39, 0.29) is 0 Å². The molecule has 0 bridgehead atoms. The summed E-state index contributed by atoms with van der Waals surface area (Å²) in [5.41, 5.74) is 5.74. The van der Waals surface area contributed by atoms with Crippen LogP contribution in [0.2, 0.25) is 0 Å². The Hall–Kier alpha value is -0.0800. The van der Waals surface area contributed by atoms with Gasteiger partial charge in [0.05, 0.1) is 0 Å². The van der Waals surface area contributed by atoms with Gasteiger partial charge in [-0.2, -0.15) is 0 Å². The molecule has 0 spiro atoms. The predicted molar refractivity (Wildman–Crippen MR) is 83.3 cm³/mol. The van der Waals surface area contributed by atoms with E-state index < -0.39 is 0 Å². The number of rotatable bonds is 6. The maximum atomic E-state index is 5.74. The van der Waals surface area contributed by atoms with Crippen molar-refractivity contribution >= 4 is 0 Å². The molecule has 0 aromatic carbocycles. The highest BCUT2D eigenvalue weighted by Crippen LogP contribution is 2.31. The summed E-state index contributed by atoms with van der Waals surface area (Å²) in [4.78, 5) is 2.92. The molecular formula is C17H34N2. The minimum atomic E-state index is 0.772. The van der Waals surface area contributed by atoms with Gasteiger partial charge in [-0.25, -0.2) is 0 Å². The molecule has 1 unspecified atom stereocenters. The molecule has 1 atom stereocenters. The Bertz CT molecular complexity index is 211. The van der Waals surface area contributed by atoms with Gasteiger partial charge in [-0.3, -0.25) is 4.90 Å². The normalized spacial score (nSPS) is 24.8. The van der Waals surface area contributed by atoms with E-state index in [0.717, 1.165) is 24.5 Å². The van der Waals surface area contributed by atoms with Crippen molar-refractivity contribution in [3.8, 4) is 0 Å². The van der Waals surface area contributed by atoms with Crippen molar-refractivity contribution in [2.75, 3.05) is 13.1 Å². The van der Waals surface area contributed by atoms with Crippen molar-refractivity contribution in [2.24, 2.45) is 11.7 Å². The topological polar surface area (TPSA) is 29.3 Å². The standard InChI is InChI=1S/C17H34N2/c1-15(12-13-18)14-19(16-8-4-2-5-9-16)17-10-6-3-7-11-17/h15-17H,2-14,18H2,1H3. The third-order valence-electron chi connectivity index (χ3n) is 5.27. The largest absolute Gasteiger partial charge is 0.330 e. The van der Waals surface area contributed by atoms with E-state index in [1.165, 1.54) is 77.2 Å². The van der Waals surface area contributed by atoms with Gasteiger partial charge in [0, 0.05) is 18.6 Å². The second-order valence-corrected chi connectivity index (χ2v) is 6.96. The number of hydrogen-bond donors (Lipinski definition) is 1. The van der Waals surface area contributed by atoms with E-state index in [2.05, 4.69) is 11.8 Å². The van der Waals surface area contributed by atoms with E-state index in [0.29, 0.717) is 0 Å². The molecule has 19 heavy (non-hydrogen) atoms. The number of nitrogens with two attached hydrogens (primary N) is 1. The van der Waals surface area contributed by atoms with Gasteiger partial charge in [0.25, 0.3) is 0 Å². The Balaban J connectivity index is 1.94. The average molecular weight is 266 g/mol. The molecular weight excluding hydrogens is 232 g/mol. The third-order valence-corrected chi connectivity index (χ3v) is 5.27. The lowest BCUT2D eigenvalue weighted by Crippen LogP contribution is -2.47. The van der Waals surface area contributed by atoms with Gasteiger partial charge in [0.2, 0.25) is 0 Å². The minimum Gasteiger partial charge on any atom is -0.330 e. The van der Waals surface area contributed by atoms with Crippen molar-refractivity contribution in [2.45, 2.75) is 89.6 Å². The fourth-order valence-corrected chi connectivity index (χ4v) is 4.16. The molecule has 2 saturated carbocycles. The van der Waals surface area contributed by atoms with Crippen LogP contribution in [0, 0.1) is 5.92 Å². The van der Waals surface area contributed by atoms with Crippen molar-refractivity contribution in [3.05, 3.63) is 0 Å². The Morgan fingerprint density at radius 2 is 1.37 bits per heavy atom. The van der Waals surface area contributed by atoms with E-state index in [4.69, 9.17) is 5.73 Å². The number of hydrogen-bond acceptors (Lipinski definition) is 2. The van der Waals surface area contributed by atoms with E-state index in [1.807, 2.05) is 0 Å². The minimum absolute atomic E-state index is 0.772. The summed E-state index contributed by atoms with van der Waals surface area (Å²) < 4.78 is 0. The zero-order valence-corrected chi connectivity index (χ0v) is 12.9. The first-order chi connectivity index (χ1) is 9.31. The van der Waals surface area contributed by atoms with Crippen LogP contribution < -0.4 is 5.73 Å². The zero-order chi connectivity index (χ0) is 13.5. The average Bonchev–Trinajstić information content (AvgIpc) is 2.47. The Morgan fingerprint density at radius 3 is 1.79 bits per heavy atom. The van der Waals surface area contributed by atoms with Crippen LogP contribution in [0.15, 0.2) is 0 Å². The lowest BCUT2D eigenvalue weighted by atomic mass is 9.87. The summed E-state index contributed by atoms with van der Waals surface area (Å²) >= 11 is 0. The van der Waals surface area contributed by atoms with Crippen molar-refractivity contribution in [1.82, 2.24) is 4.90 Å². The second kappa shape index (κ2) is 8.26. The summed E-state index contributed by atoms with van der Waals surface area (Å²) in [6.45, 7) is 4.54. The third kappa shape index (κ3) is 4.75. The first kappa shape index (κ1) is 15.3. The molecule has 0 aromatic rings. The van der Waals surface area contributed by atoms with E-state index in [9.17, 15) is 0 Å². The van der Waals surface area contributed by atoms with Crippen LogP contribution in [0.1, 0.15) is 77.6 Å².